The van der Waals surface area contributed by atoms with Gasteiger partial charge in [-0.15, -0.1) is 22.7 Å². The maximum atomic E-state index is 3.37. The maximum Gasteiger partial charge on any atom is 0.0822 e. The van der Waals surface area contributed by atoms with E-state index in [0.29, 0.717) is 0 Å². The number of unbranched alkanes of at least 4 members (excludes halogenated alkanes) is 1. The summed E-state index contributed by atoms with van der Waals surface area (Å²) in [4.78, 5) is 1.18. The average molecular weight is 387 g/mol. The quantitative estimate of drug-likeness (QED) is 0.315. The van der Waals surface area contributed by atoms with E-state index >= 15 is 0 Å². The number of aryl methyl sites for hydroxylation is 2. The molecule has 0 fully saturated rings. The van der Waals surface area contributed by atoms with Gasteiger partial charge in [0.05, 0.1) is 4.88 Å². The van der Waals surface area contributed by atoms with Crippen LogP contribution in [0.1, 0.15) is 41.3 Å². The van der Waals surface area contributed by atoms with E-state index in [4.69, 9.17) is 0 Å². The Balaban J connectivity index is 1.51. The van der Waals surface area contributed by atoms with Gasteiger partial charge in [-0.05, 0) is 65.6 Å². The molecule has 0 saturated heterocycles. The van der Waals surface area contributed by atoms with Crippen molar-refractivity contribution in [3.63, 3.8) is 0 Å². The number of benzene rings is 2. The Morgan fingerprint density at radius 2 is 1.56 bits per heavy atom. The van der Waals surface area contributed by atoms with E-state index in [2.05, 4.69) is 85.7 Å². The van der Waals surface area contributed by atoms with E-state index in [1.165, 1.54) is 55.8 Å². The van der Waals surface area contributed by atoms with Crippen LogP contribution >= 0.6 is 22.7 Å². The van der Waals surface area contributed by atoms with E-state index in [0.717, 1.165) is 5.56 Å². The minimum Gasteiger partial charge on any atom is -0.143 e. The van der Waals surface area contributed by atoms with Crippen LogP contribution in [0, 0.1) is 18.8 Å². The second-order valence-electron chi connectivity index (χ2n) is 6.80. The zero-order valence-corrected chi connectivity index (χ0v) is 17.3. The molecule has 0 nitrogen and oxygen atoms in total. The normalized spacial score (nSPS) is 10.7. The van der Waals surface area contributed by atoms with Crippen LogP contribution in [0.4, 0.5) is 0 Å². The molecule has 0 aliphatic heterocycles. The lowest BCUT2D eigenvalue weighted by molar-refractivity contribution is 0.795. The third-order valence-electron chi connectivity index (χ3n) is 4.83. The minimum absolute atomic E-state index is 1.06. The van der Waals surface area contributed by atoms with Crippen LogP contribution in [0.3, 0.4) is 0 Å². The largest absolute Gasteiger partial charge is 0.143 e. The highest BCUT2D eigenvalue weighted by molar-refractivity contribution is 7.27. The highest BCUT2D eigenvalue weighted by Gasteiger charge is 2.07. The lowest BCUT2D eigenvalue weighted by atomic mass is 10.0. The fourth-order valence-corrected chi connectivity index (χ4v) is 5.36. The van der Waals surface area contributed by atoms with Crippen molar-refractivity contribution in [1.82, 2.24) is 0 Å². The lowest BCUT2D eigenvalue weighted by Gasteiger charge is -2.04. The summed E-state index contributed by atoms with van der Waals surface area (Å²) in [5.74, 6) is 6.69. The van der Waals surface area contributed by atoms with Crippen LogP contribution < -0.4 is 0 Å². The highest BCUT2D eigenvalue weighted by atomic mass is 32.1. The Bertz CT molecular complexity index is 1100. The molecule has 0 aliphatic rings. The van der Waals surface area contributed by atoms with Gasteiger partial charge in [-0.3, -0.25) is 0 Å². The van der Waals surface area contributed by atoms with Gasteiger partial charge in [0.25, 0.3) is 0 Å². The number of fused-ring (bicyclic) bond motifs is 1. The SMILES string of the molecule is CCCCc1ccc(-c2ccc(C#Cc3sc4ccsc4c3C)cc2)cc1. The Labute approximate surface area is 169 Å². The van der Waals surface area contributed by atoms with Gasteiger partial charge in [-0.25, -0.2) is 0 Å². The van der Waals surface area contributed by atoms with Gasteiger partial charge in [-0.2, -0.15) is 0 Å². The summed E-state index contributed by atoms with van der Waals surface area (Å²) >= 11 is 3.60. The molecule has 0 spiro atoms. The van der Waals surface area contributed by atoms with Crippen LogP contribution in [0.15, 0.2) is 60.0 Å². The molecule has 0 radical (unpaired) electrons. The molecular weight excluding hydrogens is 364 g/mol. The van der Waals surface area contributed by atoms with Gasteiger partial charge >= 0.3 is 0 Å². The molecule has 4 aromatic rings. The molecule has 0 amide bonds. The molecule has 2 aromatic heterocycles. The first kappa shape index (κ1) is 18.0. The van der Waals surface area contributed by atoms with Crippen molar-refractivity contribution in [3.05, 3.63) is 81.5 Å². The van der Waals surface area contributed by atoms with E-state index < -0.39 is 0 Å². The zero-order chi connectivity index (χ0) is 18.6. The molecule has 2 heterocycles. The van der Waals surface area contributed by atoms with Gasteiger partial charge in [0.15, 0.2) is 0 Å². The van der Waals surface area contributed by atoms with Crippen molar-refractivity contribution >= 4 is 32.1 Å². The number of rotatable bonds is 4. The topological polar surface area (TPSA) is 0 Å². The number of hydrogen-bond donors (Lipinski definition) is 0. The summed E-state index contributed by atoms with van der Waals surface area (Å²) in [7, 11) is 0. The summed E-state index contributed by atoms with van der Waals surface area (Å²) in [6, 6.07) is 19.7. The summed E-state index contributed by atoms with van der Waals surface area (Å²) in [6.45, 7) is 4.41. The number of hydrogen-bond acceptors (Lipinski definition) is 2. The van der Waals surface area contributed by atoms with Gasteiger partial charge < -0.3 is 0 Å². The van der Waals surface area contributed by atoms with E-state index in [1.807, 2.05) is 0 Å². The molecule has 0 unspecified atom stereocenters. The summed E-state index contributed by atoms with van der Waals surface area (Å²) in [5.41, 5.74) is 6.32. The average Bonchev–Trinajstić information content (AvgIpc) is 3.29. The van der Waals surface area contributed by atoms with Gasteiger partial charge in [-0.1, -0.05) is 61.6 Å². The molecule has 0 N–H and O–H groups in total. The first-order chi connectivity index (χ1) is 13.2. The van der Waals surface area contributed by atoms with Crippen molar-refractivity contribution in [3.8, 4) is 23.0 Å². The summed E-state index contributed by atoms with van der Waals surface area (Å²) < 4.78 is 2.72. The summed E-state index contributed by atoms with van der Waals surface area (Å²) in [5, 5.41) is 2.15. The van der Waals surface area contributed by atoms with Crippen molar-refractivity contribution in [2.75, 3.05) is 0 Å². The molecule has 2 heteroatoms. The van der Waals surface area contributed by atoms with E-state index in [9.17, 15) is 0 Å². The molecule has 4 rings (SSSR count). The molecule has 0 bridgehead atoms. The fourth-order valence-electron chi connectivity index (χ4n) is 3.18. The van der Waals surface area contributed by atoms with Crippen molar-refractivity contribution in [2.45, 2.75) is 33.1 Å². The summed E-state index contributed by atoms with van der Waals surface area (Å²) in [6.07, 6.45) is 3.67. The maximum absolute atomic E-state index is 3.37. The molecule has 2 aromatic carbocycles. The predicted octanol–water partition coefficient (Wildman–Crippen LogP) is 7.68. The predicted molar refractivity (Wildman–Crippen MR) is 121 cm³/mol. The minimum atomic E-state index is 1.06. The van der Waals surface area contributed by atoms with Crippen molar-refractivity contribution in [1.29, 1.82) is 0 Å². The van der Waals surface area contributed by atoms with E-state index in [-0.39, 0.29) is 0 Å². The van der Waals surface area contributed by atoms with E-state index in [1.54, 1.807) is 22.7 Å². The Morgan fingerprint density at radius 1 is 0.852 bits per heavy atom. The highest BCUT2D eigenvalue weighted by Crippen LogP contribution is 2.34. The molecule has 0 atom stereocenters. The molecule has 0 saturated carbocycles. The Morgan fingerprint density at radius 3 is 2.22 bits per heavy atom. The van der Waals surface area contributed by atoms with Gasteiger partial charge in [0, 0.05) is 15.0 Å². The zero-order valence-electron chi connectivity index (χ0n) is 15.7. The van der Waals surface area contributed by atoms with Gasteiger partial charge in [0.1, 0.15) is 0 Å². The van der Waals surface area contributed by atoms with Gasteiger partial charge in [0.2, 0.25) is 0 Å². The number of thiophene rings is 2. The molecular formula is C25H22S2. The van der Waals surface area contributed by atoms with Crippen LogP contribution in [-0.2, 0) is 6.42 Å². The van der Waals surface area contributed by atoms with Crippen LogP contribution in [0.2, 0.25) is 0 Å². The fraction of sp³-hybridized carbons (Fsp3) is 0.200. The smallest absolute Gasteiger partial charge is 0.0822 e. The molecule has 0 aliphatic carbocycles. The van der Waals surface area contributed by atoms with Crippen LogP contribution in [0.5, 0.6) is 0 Å². The van der Waals surface area contributed by atoms with Crippen molar-refractivity contribution < 1.29 is 0 Å². The lowest BCUT2D eigenvalue weighted by Crippen LogP contribution is -1.85. The Kier molecular flexibility index (Phi) is 5.43. The Hall–Kier alpha value is -2.34. The molecule has 134 valence electrons. The van der Waals surface area contributed by atoms with Crippen LogP contribution in [0.25, 0.3) is 20.5 Å². The first-order valence-electron chi connectivity index (χ1n) is 9.42. The standard InChI is InChI=1S/C25H22S2/c1-3-4-5-19-6-11-21(12-7-19)22-13-8-20(9-14-22)10-15-23-18(2)25-24(27-23)16-17-26-25/h6-9,11-14,16-17H,3-5H2,1-2H3. The monoisotopic (exact) mass is 386 g/mol. The third-order valence-corrected chi connectivity index (χ3v) is 7.17. The third kappa shape index (κ3) is 4.00. The second-order valence-corrected chi connectivity index (χ2v) is 8.77. The first-order valence-corrected chi connectivity index (χ1v) is 11.1. The molecule has 27 heavy (non-hydrogen) atoms. The van der Waals surface area contributed by atoms with Crippen molar-refractivity contribution in [2.24, 2.45) is 0 Å². The second kappa shape index (κ2) is 8.13. The van der Waals surface area contributed by atoms with Crippen LogP contribution in [-0.4, -0.2) is 0 Å².